The predicted octanol–water partition coefficient (Wildman–Crippen LogP) is 3.60. The van der Waals surface area contributed by atoms with Crippen LogP contribution in [0.25, 0.3) is 0 Å². The first-order valence-corrected chi connectivity index (χ1v) is 9.91. The van der Waals surface area contributed by atoms with Gasteiger partial charge in [0.15, 0.2) is 17.5 Å². The van der Waals surface area contributed by atoms with E-state index in [1.165, 1.54) is 13.2 Å². The first-order valence-electron chi connectivity index (χ1n) is 9.91. The van der Waals surface area contributed by atoms with Gasteiger partial charge in [0.25, 0.3) is 0 Å². The molecule has 0 radical (unpaired) electrons. The molecule has 2 aromatic rings. The summed E-state index contributed by atoms with van der Waals surface area (Å²) in [6.45, 7) is 3.49. The van der Waals surface area contributed by atoms with Crippen molar-refractivity contribution in [3.8, 4) is 11.5 Å². The Bertz CT molecular complexity index is 834. The number of halogens is 3. The van der Waals surface area contributed by atoms with Gasteiger partial charge in [0.05, 0.1) is 13.7 Å². The lowest BCUT2D eigenvalue weighted by Crippen LogP contribution is -2.52. The van der Waals surface area contributed by atoms with Gasteiger partial charge in [0.1, 0.15) is 5.82 Å². The molecular formula is C21H28F2IN5O2. The number of ether oxygens (including phenoxy) is 2. The lowest BCUT2D eigenvalue weighted by atomic mass is 10.2. The molecule has 170 valence electrons. The summed E-state index contributed by atoms with van der Waals surface area (Å²) in [5.74, 6) is 2.05. The van der Waals surface area contributed by atoms with Crippen molar-refractivity contribution in [1.82, 2.24) is 15.2 Å². The van der Waals surface area contributed by atoms with Crippen molar-refractivity contribution < 1.29 is 18.3 Å². The highest BCUT2D eigenvalue weighted by Crippen LogP contribution is 2.29. The van der Waals surface area contributed by atoms with E-state index in [2.05, 4.69) is 24.8 Å². The summed E-state index contributed by atoms with van der Waals surface area (Å²) in [5.41, 5.74) is 0.758. The largest absolute Gasteiger partial charge is 0.493 e. The Labute approximate surface area is 198 Å². The third-order valence-electron chi connectivity index (χ3n) is 4.74. The maximum atomic E-state index is 12.6. The molecule has 0 saturated carbocycles. The predicted molar refractivity (Wildman–Crippen MR) is 128 cm³/mol. The normalized spacial score (nSPS) is 14.3. The van der Waals surface area contributed by atoms with Crippen LogP contribution in [0.3, 0.4) is 0 Å². The molecule has 31 heavy (non-hydrogen) atoms. The number of methoxy groups -OCH3 is 1. The minimum Gasteiger partial charge on any atom is -0.493 e. The van der Waals surface area contributed by atoms with E-state index in [-0.39, 0.29) is 35.5 Å². The van der Waals surface area contributed by atoms with Gasteiger partial charge in [-0.05, 0) is 36.8 Å². The fourth-order valence-corrected chi connectivity index (χ4v) is 3.29. The Morgan fingerprint density at radius 2 is 1.94 bits per heavy atom. The van der Waals surface area contributed by atoms with E-state index in [0.717, 1.165) is 50.1 Å². The number of benzene rings is 1. The van der Waals surface area contributed by atoms with Crippen LogP contribution in [0.15, 0.2) is 47.6 Å². The number of alkyl halides is 2. The number of aromatic nitrogens is 1. The molecule has 3 rings (SSSR count). The maximum absolute atomic E-state index is 12.6. The number of anilines is 1. The maximum Gasteiger partial charge on any atom is 0.387 e. The molecule has 0 spiro atoms. The summed E-state index contributed by atoms with van der Waals surface area (Å²) >= 11 is 0. The number of aliphatic imine (C=N–C) groups is 1. The zero-order chi connectivity index (χ0) is 21.3. The molecule has 2 heterocycles. The molecule has 0 unspecified atom stereocenters. The molecule has 1 fully saturated rings. The van der Waals surface area contributed by atoms with Crippen molar-refractivity contribution in [2.24, 2.45) is 4.99 Å². The van der Waals surface area contributed by atoms with Crippen molar-refractivity contribution in [2.45, 2.75) is 20.1 Å². The minimum absolute atomic E-state index is 0. The van der Waals surface area contributed by atoms with Crippen molar-refractivity contribution in [1.29, 1.82) is 0 Å². The van der Waals surface area contributed by atoms with Crippen molar-refractivity contribution >= 4 is 35.8 Å². The van der Waals surface area contributed by atoms with Crippen molar-refractivity contribution in [3.05, 3.63) is 48.2 Å². The number of piperazine rings is 1. The van der Waals surface area contributed by atoms with E-state index in [0.29, 0.717) is 6.54 Å². The Morgan fingerprint density at radius 3 is 2.55 bits per heavy atom. The third-order valence-corrected chi connectivity index (χ3v) is 4.74. The average molecular weight is 547 g/mol. The summed E-state index contributed by atoms with van der Waals surface area (Å²) in [4.78, 5) is 13.6. The molecule has 1 aromatic heterocycles. The molecule has 1 N–H and O–H groups in total. The van der Waals surface area contributed by atoms with E-state index in [1.54, 1.807) is 18.3 Å². The van der Waals surface area contributed by atoms with Gasteiger partial charge in [-0.3, -0.25) is 0 Å². The van der Waals surface area contributed by atoms with Gasteiger partial charge in [0, 0.05) is 38.9 Å². The fourth-order valence-electron chi connectivity index (χ4n) is 3.29. The summed E-state index contributed by atoms with van der Waals surface area (Å²) < 4.78 is 34.9. The van der Waals surface area contributed by atoms with Crippen LogP contribution in [0.5, 0.6) is 11.5 Å². The second kappa shape index (κ2) is 12.5. The lowest BCUT2D eigenvalue weighted by molar-refractivity contribution is -0.0512. The fraction of sp³-hybridized carbons (Fsp3) is 0.429. The number of rotatable bonds is 7. The summed E-state index contributed by atoms with van der Waals surface area (Å²) in [6, 6.07) is 10.9. The molecule has 1 saturated heterocycles. The number of pyridine rings is 1. The minimum atomic E-state index is -2.91. The van der Waals surface area contributed by atoms with Gasteiger partial charge in [-0.25, -0.2) is 9.98 Å². The molecule has 10 heteroatoms. The average Bonchev–Trinajstić information content (AvgIpc) is 2.77. The quantitative estimate of drug-likeness (QED) is 0.325. The molecule has 1 aliphatic rings. The smallest absolute Gasteiger partial charge is 0.387 e. The van der Waals surface area contributed by atoms with Gasteiger partial charge in [-0.1, -0.05) is 12.1 Å². The van der Waals surface area contributed by atoms with Crippen LogP contribution in [-0.2, 0) is 6.54 Å². The van der Waals surface area contributed by atoms with Crippen LogP contribution < -0.4 is 19.7 Å². The SMILES string of the molecule is CCNC(=NCc1ccc(OC)c(OC(F)F)c1)N1CCN(c2ccccn2)CC1.I. The second-order valence-corrected chi connectivity index (χ2v) is 6.70. The summed E-state index contributed by atoms with van der Waals surface area (Å²) in [7, 11) is 1.42. The molecule has 1 aromatic carbocycles. The van der Waals surface area contributed by atoms with Crippen LogP contribution in [0.2, 0.25) is 0 Å². The highest BCUT2D eigenvalue weighted by Gasteiger charge is 2.20. The molecule has 0 bridgehead atoms. The van der Waals surface area contributed by atoms with Crippen LogP contribution in [-0.4, -0.2) is 62.3 Å². The zero-order valence-electron chi connectivity index (χ0n) is 17.6. The Balaban J connectivity index is 0.00000341. The third kappa shape index (κ3) is 7.08. The van der Waals surface area contributed by atoms with Gasteiger partial charge in [-0.2, -0.15) is 8.78 Å². The van der Waals surface area contributed by atoms with Gasteiger partial charge in [-0.15, -0.1) is 24.0 Å². The molecular weight excluding hydrogens is 519 g/mol. The van der Waals surface area contributed by atoms with E-state index in [9.17, 15) is 8.78 Å². The number of hydrogen-bond acceptors (Lipinski definition) is 5. The van der Waals surface area contributed by atoms with E-state index >= 15 is 0 Å². The topological polar surface area (TPSA) is 62.2 Å². The first kappa shape index (κ1) is 24.9. The van der Waals surface area contributed by atoms with Gasteiger partial charge < -0.3 is 24.6 Å². The molecule has 0 atom stereocenters. The van der Waals surface area contributed by atoms with E-state index in [1.807, 2.05) is 25.1 Å². The zero-order valence-corrected chi connectivity index (χ0v) is 20.0. The summed E-state index contributed by atoms with van der Waals surface area (Å²) in [5, 5.41) is 3.31. The first-order chi connectivity index (χ1) is 14.6. The van der Waals surface area contributed by atoms with Crippen molar-refractivity contribution in [2.75, 3.05) is 44.7 Å². The molecule has 0 aliphatic carbocycles. The number of nitrogens with zero attached hydrogens (tertiary/aromatic N) is 4. The standard InChI is InChI=1S/C21H27F2N5O2.HI/c1-3-24-21(28-12-10-27(11-13-28)19-6-4-5-9-25-19)26-15-16-7-8-17(29-2)18(14-16)30-20(22)23;/h4-9,14,20H,3,10-13,15H2,1-2H3,(H,24,26);1H. The molecule has 7 nitrogen and oxygen atoms in total. The monoisotopic (exact) mass is 547 g/mol. The Morgan fingerprint density at radius 1 is 1.16 bits per heavy atom. The Kier molecular flexibility index (Phi) is 10.0. The highest BCUT2D eigenvalue weighted by molar-refractivity contribution is 14.0. The van der Waals surface area contributed by atoms with Gasteiger partial charge in [0.2, 0.25) is 0 Å². The van der Waals surface area contributed by atoms with Crippen LogP contribution in [0.4, 0.5) is 14.6 Å². The second-order valence-electron chi connectivity index (χ2n) is 6.70. The highest BCUT2D eigenvalue weighted by atomic mass is 127. The van der Waals surface area contributed by atoms with Crippen LogP contribution in [0.1, 0.15) is 12.5 Å². The Hall–Kier alpha value is -2.37. The van der Waals surface area contributed by atoms with Gasteiger partial charge >= 0.3 is 6.61 Å². The molecule has 0 amide bonds. The van der Waals surface area contributed by atoms with Crippen LogP contribution >= 0.6 is 24.0 Å². The lowest BCUT2D eigenvalue weighted by Gasteiger charge is -2.37. The summed E-state index contributed by atoms with van der Waals surface area (Å²) in [6.07, 6.45) is 1.80. The number of hydrogen-bond donors (Lipinski definition) is 1. The van der Waals surface area contributed by atoms with Crippen molar-refractivity contribution in [3.63, 3.8) is 0 Å². The molecule has 1 aliphatic heterocycles. The van der Waals surface area contributed by atoms with E-state index < -0.39 is 6.61 Å². The van der Waals surface area contributed by atoms with Crippen LogP contribution in [0, 0.1) is 0 Å². The van der Waals surface area contributed by atoms with E-state index in [4.69, 9.17) is 9.73 Å². The number of guanidine groups is 1. The number of nitrogens with one attached hydrogen (secondary N) is 1.